The van der Waals surface area contributed by atoms with Crippen LogP contribution in [-0.4, -0.2) is 0 Å². The largest absolute Gasteiger partial charge is 1.00 e. The van der Waals surface area contributed by atoms with Crippen molar-refractivity contribution in [3.05, 3.63) is 46.6 Å². The summed E-state index contributed by atoms with van der Waals surface area (Å²) in [6, 6.07) is 0. The molecule has 5 rings (SSSR count). The van der Waals surface area contributed by atoms with Crippen molar-refractivity contribution < 1.29 is 45.1 Å². The summed E-state index contributed by atoms with van der Waals surface area (Å²) in [5, 5.41) is 0. The van der Waals surface area contributed by atoms with E-state index in [2.05, 4.69) is 79.7 Å². The van der Waals surface area contributed by atoms with Gasteiger partial charge in [-0.05, 0) is 0 Å². The number of hydrogen-bond acceptors (Lipinski definition) is 0. The molecule has 0 spiro atoms. The third-order valence-corrected chi connectivity index (χ3v) is 28.3. The Balaban J connectivity index is 0.00000190. The van der Waals surface area contributed by atoms with Gasteiger partial charge in [-0.2, -0.15) is 0 Å². The molecule has 5 aliphatic rings. The second-order valence-electron chi connectivity index (χ2n) is 14.4. The molecule has 2 saturated carbocycles. The van der Waals surface area contributed by atoms with Crippen molar-refractivity contribution in [3.63, 3.8) is 0 Å². The van der Waals surface area contributed by atoms with Crippen molar-refractivity contribution in [1.29, 1.82) is 0 Å². The van der Waals surface area contributed by atoms with Crippen LogP contribution in [0.3, 0.4) is 0 Å². The average molecular weight is 625 g/mol. The first kappa shape index (κ1) is 31.9. The minimum Gasteiger partial charge on any atom is -1.00 e. The van der Waals surface area contributed by atoms with E-state index in [4.69, 9.17) is 0 Å². The standard InChI is InChI=1S/2C15H23.C4H8.2ClH.Zr/c2*1-10(2)12-8-9-13(11(3)4)15-7-5-6-14(12)15;1-3-4-2;;;/h2*6,8-11,14-15H,5,7H2,1-4H3;1-4H2;2*1H;/q;;;;;+2/p-2. The molecule has 1 heterocycles. The molecule has 0 nitrogen and oxygen atoms in total. The van der Waals surface area contributed by atoms with E-state index in [1.54, 1.807) is 45.1 Å². The number of allylic oxidation sites excluding steroid dienone is 8. The maximum Gasteiger partial charge on any atom is -1.00 e. The van der Waals surface area contributed by atoms with Gasteiger partial charge < -0.3 is 24.8 Å². The number of halogens is 2. The zero-order chi connectivity index (χ0) is 25.1. The molecule has 0 radical (unpaired) electrons. The van der Waals surface area contributed by atoms with Gasteiger partial charge in [-0.1, -0.05) is 0 Å². The SMILES string of the molecule is CC(C)C1=CC=C(C(C)C)C2C1CC[CH]2[Zr+2]1([CH]2CCC3C(C(C)C)=CC=C(C(C)C)C32)[CH2]CC[CH2]1.[Cl-].[Cl-]. The van der Waals surface area contributed by atoms with Crippen LogP contribution in [0.15, 0.2) is 46.6 Å². The van der Waals surface area contributed by atoms with Gasteiger partial charge >= 0.3 is 224 Å². The van der Waals surface area contributed by atoms with E-state index in [1.165, 1.54) is 12.8 Å². The van der Waals surface area contributed by atoms with Gasteiger partial charge in [0.05, 0.1) is 0 Å². The van der Waals surface area contributed by atoms with E-state index in [9.17, 15) is 0 Å². The summed E-state index contributed by atoms with van der Waals surface area (Å²) in [6.07, 6.45) is 19.7. The molecule has 0 aromatic carbocycles. The van der Waals surface area contributed by atoms with E-state index >= 15 is 0 Å². The zero-order valence-electron chi connectivity index (χ0n) is 25.0. The van der Waals surface area contributed by atoms with Gasteiger partial charge in [0, 0.05) is 0 Å². The maximum atomic E-state index is 2.63. The van der Waals surface area contributed by atoms with E-state index in [-0.39, 0.29) is 24.8 Å². The fraction of sp³-hybridized carbons (Fsp3) is 0.765. The van der Waals surface area contributed by atoms with Crippen LogP contribution in [0, 0.1) is 47.3 Å². The van der Waals surface area contributed by atoms with Crippen molar-refractivity contribution >= 4 is 0 Å². The Morgan fingerprint density at radius 2 is 0.838 bits per heavy atom. The van der Waals surface area contributed by atoms with Crippen LogP contribution in [0.1, 0.15) is 93.9 Å². The molecule has 6 unspecified atom stereocenters. The number of fused-ring (bicyclic) bond motifs is 2. The second kappa shape index (κ2) is 12.5. The molecule has 0 bridgehead atoms. The monoisotopic (exact) mass is 622 g/mol. The third-order valence-electron chi connectivity index (χ3n) is 11.6. The summed E-state index contributed by atoms with van der Waals surface area (Å²) in [6.45, 7) is 19.8. The molecule has 0 aromatic heterocycles. The van der Waals surface area contributed by atoms with Gasteiger partial charge in [0.1, 0.15) is 0 Å². The van der Waals surface area contributed by atoms with Gasteiger partial charge in [0.15, 0.2) is 0 Å². The Bertz CT molecular complexity index is 857. The smallest absolute Gasteiger partial charge is 1.00 e. The fourth-order valence-electron chi connectivity index (χ4n) is 10.3. The molecule has 0 amide bonds. The van der Waals surface area contributed by atoms with Crippen LogP contribution in [0.25, 0.3) is 0 Å². The van der Waals surface area contributed by atoms with Gasteiger partial charge in [-0.25, -0.2) is 0 Å². The van der Waals surface area contributed by atoms with Crippen LogP contribution in [0.5, 0.6) is 0 Å². The molecule has 4 aliphatic carbocycles. The van der Waals surface area contributed by atoms with Crippen LogP contribution in [-0.2, 0) is 20.3 Å². The predicted molar refractivity (Wildman–Crippen MR) is 150 cm³/mol. The maximum absolute atomic E-state index is 2.63. The average Bonchev–Trinajstić information content (AvgIpc) is 3.55. The van der Waals surface area contributed by atoms with E-state index in [1.807, 2.05) is 11.1 Å². The van der Waals surface area contributed by atoms with Crippen LogP contribution in [0.2, 0.25) is 15.5 Å². The number of hydrogen-bond donors (Lipinski definition) is 0. The molecular formula is C34H54Cl2Zr. The fourth-order valence-corrected chi connectivity index (χ4v) is 29.6. The Morgan fingerprint density at radius 1 is 0.514 bits per heavy atom. The first-order valence-electron chi connectivity index (χ1n) is 15.5. The zero-order valence-corrected chi connectivity index (χ0v) is 29.0. The molecule has 0 aromatic rings. The summed E-state index contributed by atoms with van der Waals surface area (Å²) in [5.74, 6) is 6.39. The topological polar surface area (TPSA) is 0 Å². The second-order valence-corrected chi connectivity index (χ2v) is 26.5. The van der Waals surface area contributed by atoms with E-state index < -0.39 is 20.3 Å². The molecule has 208 valence electrons. The first-order chi connectivity index (χ1) is 16.7. The molecule has 1 saturated heterocycles. The number of rotatable bonds is 6. The van der Waals surface area contributed by atoms with Gasteiger partial charge in [-0.15, -0.1) is 0 Å². The van der Waals surface area contributed by atoms with Gasteiger partial charge in [0.25, 0.3) is 0 Å². The van der Waals surface area contributed by atoms with Crippen molar-refractivity contribution in [2.24, 2.45) is 47.3 Å². The van der Waals surface area contributed by atoms with Gasteiger partial charge in [-0.3, -0.25) is 0 Å². The molecule has 3 fully saturated rings. The summed E-state index contributed by atoms with van der Waals surface area (Å²) >= 11 is -2.44. The Kier molecular flexibility index (Phi) is 10.8. The van der Waals surface area contributed by atoms with E-state index in [0.717, 1.165) is 30.9 Å². The van der Waals surface area contributed by atoms with Gasteiger partial charge in [0.2, 0.25) is 0 Å². The van der Waals surface area contributed by atoms with Crippen molar-refractivity contribution in [2.45, 2.75) is 109 Å². The van der Waals surface area contributed by atoms with E-state index in [0.29, 0.717) is 23.7 Å². The minimum absolute atomic E-state index is 0. The normalized spacial score (nSPS) is 33.6. The van der Waals surface area contributed by atoms with Crippen molar-refractivity contribution in [1.82, 2.24) is 0 Å². The van der Waals surface area contributed by atoms with Crippen LogP contribution >= 0.6 is 0 Å². The van der Waals surface area contributed by atoms with Crippen LogP contribution < -0.4 is 24.8 Å². The first-order valence-corrected chi connectivity index (χ1v) is 21.8. The minimum atomic E-state index is -2.44. The quantitative estimate of drug-likeness (QED) is 0.400. The summed E-state index contributed by atoms with van der Waals surface area (Å²) < 4.78 is 5.65. The van der Waals surface area contributed by atoms with Crippen molar-refractivity contribution in [3.8, 4) is 0 Å². The Hall–Kier alpha value is 0.423. The summed E-state index contributed by atoms with van der Waals surface area (Å²) in [5.41, 5.74) is 7.31. The Labute approximate surface area is 246 Å². The van der Waals surface area contributed by atoms with Crippen LogP contribution in [0.4, 0.5) is 0 Å². The molecule has 6 atom stereocenters. The van der Waals surface area contributed by atoms with Crippen molar-refractivity contribution in [2.75, 3.05) is 0 Å². The third kappa shape index (κ3) is 5.40. The molecular weight excluding hydrogens is 571 g/mol. The molecule has 1 aliphatic heterocycles. The molecule has 0 N–H and O–H groups in total. The molecule has 37 heavy (non-hydrogen) atoms. The Morgan fingerprint density at radius 3 is 1.16 bits per heavy atom. The summed E-state index contributed by atoms with van der Waals surface area (Å²) in [4.78, 5) is 0. The summed E-state index contributed by atoms with van der Waals surface area (Å²) in [7, 11) is 0. The molecule has 3 heteroatoms. The predicted octanol–water partition coefficient (Wildman–Crippen LogP) is 4.76.